The predicted molar refractivity (Wildman–Crippen MR) is 71.5 cm³/mol. The van der Waals surface area contributed by atoms with Crippen LogP contribution in [0.2, 0.25) is 0 Å². The number of rotatable bonds is 3. The van der Waals surface area contributed by atoms with Gasteiger partial charge in [-0.3, -0.25) is 0 Å². The van der Waals surface area contributed by atoms with Crippen LogP contribution in [0.5, 0.6) is 0 Å². The summed E-state index contributed by atoms with van der Waals surface area (Å²) >= 11 is 1.65. The zero-order valence-electron chi connectivity index (χ0n) is 9.44. The van der Waals surface area contributed by atoms with Crippen LogP contribution in [0, 0.1) is 0 Å². The fourth-order valence-corrected chi connectivity index (χ4v) is 2.69. The van der Waals surface area contributed by atoms with E-state index in [0.29, 0.717) is 0 Å². The van der Waals surface area contributed by atoms with E-state index in [1.54, 1.807) is 17.7 Å². The van der Waals surface area contributed by atoms with E-state index in [4.69, 9.17) is 0 Å². The molecule has 1 aliphatic rings. The molecule has 0 spiro atoms. The first-order valence-electron chi connectivity index (χ1n) is 5.74. The third-order valence-electron chi connectivity index (χ3n) is 2.90. The van der Waals surface area contributed by atoms with Crippen molar-refractivity contribution in [1.82, 2.24) is 15.3 Å². The Morgan fingerprint density at radius 2 is 2.41 bits per heavy atom. The molecule has 2 aromatic heterocycles. The first-order chi connectivity index (χ1) is 8.43. The summed E-state index contributed by atoms with van der Waals surface area (Å²) in [7, 11) is 0. The Kier molecular flexibility index (Phi) is 3.02. The van der Waals surface area contributed by atoms with E-state index in [1.807, 2.05) is 5.38 Å². The van der Waals surface area contributed by atoms with Crippen LogP contribution >= 0.6 is 11.3 Å². The maximum absolute atomic E-state index is 4.31. The predicted octanol–water partition coefficient (Wildman–Crippen LogP) is 2.02. The van der Waals surface area contributed by atoms with Crippen molar-refractivity contribution in [2.75, 3.05) is 25.0 Å². The highest BCUT2D eigenvalue weighted by Crippen LogP contribution is 2.23. The fourth-order valence-electron chi connectivity index (χ4n) is 1.96. The zero-order chi connectivity index (χ0) is 11.5. The monoisotopic (exact) mass is 246 g/mol. The Morgan fingerprint density at radius 1 is 1.41 bits per heavy atom. The van der Waals surface area contributed by atoms with Crippen LogP contribution in [-0.4, -0.2) is 29.6 Å². The Balaban J connectivity index is 1.76. The number of thiophene rings is 1. The summed E-state index contributed by atoms with van der Waals surface area (Å²) in [5.74, 6) is 0.940. The van der Waals surface area contributed by atoms with Gasteiger partial charge in [-0.2, -0.15) is 0 Å². The van der Waals surface area contributed by atoms with E-state index in [1.165, 1.54) is 5.57 Å². The highest BCUT2D eigenvalue weighted by molar-refractivity contribution is 7.16. The van der Waals surface area contributed by atoms with Gasteiger partial charge in [-0.25, -0.2) is 9.97 Å². The largest absolute Gasteiger partial charge is 0.366 e. The summed E-state index contributed by atoms with van der Waals surface area (Å²) < 4.78 is 0. The number of anilines is 1. The van der Waals surface area contributed by atoms with Gasteiger partial charge in [0.2, 0.25) is 0 Å². The number of fused-ring (bicyclic) bond motifs is 1. The summed E-state index contributed by atoms with van der Waals surface area (Å²) in [6.45, 7) is 2.93. The van der Waals surface area contributed by atoms with Crippen LogP contribution in [0.4, 0.5) is 5.82 Å². The molecule has 0 amide bonds. The summed E-state index contributed by atoms with van der Waals surface area (Å²) in [6, 6.07) is 2.07. The van der Waals surface area contributed by atoms with Crippen LogP contribution in [0.3, 0.4) is 0 Å². The smallest absolute Gasteiger partial charge is 0.138 e. The van der Waals surface area contributed by atoms with Gasteiger partial charge in [0, 0.05) is 13.1 Å². The SMILES string of the molecule is C1=C(CNc2ncnc3sccc23)CCNC1. The van der Waals surface area contributed by atoms with Crippen LogP contribution in [0.1, 0.15) is 6.42 Å². The second-order valence-corrected chi connectivity index (χ2v) is 4.93. The van der Waals surface area contributed by atoms with Gasteiger partial charge in [-0.1, -0.05) is 11.6 Å². The van der Waals surface area contributed by atoms with E-state index in [2.05, 4.69) is 32.7 Å². The minimum atomic E-state index is 0.879. The Bertz CT molecular complexity index is 546. The van der Waals surface area contributed by atoms with Gasteiger partial charge in [-0.05, 0) is 24.4 Å². The van der Waals surface area contributed by atoms with Crippen molar-refractivity contribution in [3.8, 4) is 0 Å². The van der Waals surface area contributed by atoms with Crippen LogP contribution in [0.15, 0.2) is 29.4 Å². The third-order valence-corrected chi connectivity index (χ3v) is 3.72. The second kappa shape index (κ2) is 4.81. The Labute approximate surface area is 104 Å². The molecule has 5 heteroatoms. The number of hydrogen-bond acceptors (Lipinski definition) is 5. The molecule has 3 heterocycles. The number of nitrogens with zero attached hydrogens (tertiary/aromatic N) is 2. The molecule has 0 saturated heterocycles. The summed E-state index contributed by atoms with van der Waals surface area (Å²) in [5, 5.41) is 9.88. The molecular formula is C12H14N4S. The van der Waals surface area contributed by atoms with Crippen molar-refractivity contribution in [3.05, 3.63) is 29.4 Å². The lowest BCUT2D eigenvalue weighted by Gasteiger charge is -2.15. The zero-order valence-corrected chi connectivity index (χ0v) is 10.3. The minimum absolute atomic E-state index is 0.879. The van der Waals surface area contributed by atoms with Gasteiger partial charge in [0.25, 0.3) is 0 Å². The highest BCUT2D eigenvalue weighted by Gasteiger charge is 2.06. The average Bonchev–Trinajstić information content (AvgIpc) is 2.86. The molecule has 2 N–H and O–H groups in total. The van der Waals surface area contributed by atoms with Crippen molar-refractivity contribution in [2.45, 2.75) is 6.42 Å². The van der Waals surface area contributed by atoms with E-state index >= 15 is 0 Å². The van der Waals surface area contributed by atoms with Gasteiger partial charge < -0.3 is 10.6 Å². The molecule has 0 aliphatic carbocycles. The van der Waals surface area contributed by atoms with Crippen molar-refractivity contribution >= 4 is 27.4 Å². The van der Waals surface area contributed by atoms with Crippen molar-refractivity contribution in [1.29, 1.82) is 0 Å². The van der Waals surface area contributed by atoms with Gasteiger partial charge in [-0.15, -0.1) is 11.3 Å². The molecule has 0 bridgehead atoms. The molecule has 1 aliphatic heterocycles. The first kappa shape index (κ1) is 10.7. The topological polar surface area (TPSA) is 49.8 Å². The van der Waals surface area contributed by atoms with Gasteiger partial charge >= 0.3 is 0 Å². The molecule has 0 atom stereocenters. The summed E-state index contributed by atoms with van der Waals surface area (Å²) in [5.41, 5.74) is 1.45. The summed E-state index contributed by atoms with van der Waals surface area (Å²) in [6.07, 6.45) is 4.99. The van der Waals surface area contributed by atoms with E-state index in [-0.39, 0.29) is 0 Å². The van der Waals surface area contributed by atoms with Crippen molar-refractivity contribution in [2.24, 2.45) is 0 Å². The minimum Gasteiger partial charge on any atom is -0.366 e. The van der Waals surface area contributed by atoms with Gasteiger partial charge in [0.15, 0.2) is 0 Å². The van der Waals surface area contributed by atoms with Crippen LogP contribution in [-0.2, 0) is 0 Å². The van der Waals surface area contributed by atoms with E-state index in [0.717, 1.165) is 42.1 Å². The first-order valence-corrected chi connectivity index (χ1v) is 6.62. The number of hydrogen-bond donors (Lipinski definition) is 2. The molecule has 0 radical (unpaired) electrons. The molecule has 4 nitrogen and oxygen atoms in total. The van der Waals surface area contributed by atoms with E-state index in [9.17, 15) is 0 Å². The lowest BCUT2D eigenvalue weighted by molar-refractivity contribution is 0.698. The highest BCUT2D eigenvalue weighted by atomic mass is 32.1. The standard InChI is InChI=1S/C12H14N4S/c1-4-13-5-2-9(1)7-14-11-10-3-6-17-12(10)16-8-15-11/h1,3,6,8,13H,2,4-5,7H2,(H,14,15,16). The fraction of sp³-hybridized carbons (Fsp3) is 0.333. The molecular weight excluding hydrogens is 232 g/mol. The van der Waals surface area contributed by atoms with Crippen LogP contribution in [0.25, 0.3) is 10.2 Å². The molecule has 2 aromatic rings. The normalized spacial score (nSPS) is 15.9. The van der Waals surface area contributed by atoms with Crippen molar-refractivity contribution < 1.29 is 0 Å². The maximum Gasteiger partial charge on any atom is 0.138 e. The Morgan fingerprint density at radius 3 is 3.29 bits per heavy atom. The van der Waals surface area contributed by atoms with Gasteiger partial charge in [0.05, 0.1) is 5.39 Å². The lowest BCUT2D eigenvalue weighted by atomic mass is 10.1. The quantitative estimate of drug-likeness (QED) is 0.814. The lowest BCUT2D eigenvalue weighted by Crippen LogP contribution is -2.23. The van der Waals surface area contributed by atoms with E-state index < -0.39 is 0 Å². The molecule has 17 heavy (non-hydrogen) atoms. The van der Waals surface area contributed by atoms with Crippen LogP contribution < -0.4 is 10.6 Å². The number of nitrogens with one attached hydrogen (secondary N) is 2. The second-order valence-electron chi connectivity index (χ2n) is 4.03. The molecule has 0 fully saturated rings. The molecule has 88 valence electrons. The maximum atomic E-state index is 4.31. The third kappa shape index (κ3) is 2.30. The number of aromatic nitrogens is 2. The molecule has 0 unspecified atom stereocenters. The van der Waals surface area contributed by atoms with Gasteiger partial charge in [0.1, 0.15) is 17.0 Å². The van der Waals surface area contributed by atoms with Crippen molar-refractivity contribution in [3.63, 3.8) is 0 Å². The molecule has 3 rings (SSSR count). The summed E-state index contributed by atoms with van der Waals surface area (Å²) in [4.78, 5) is 9.59. The Hall–Kier alpha value is -1.46. The molecule has 0 saturated carbocycles. The molecule has 0 aromatic carbocycles. The average molecular weight is 246 g/mol.